The largest absolute Gasteiger partial charge is 0.233 e. The monoisotopic (exact) mass is 101 g/mol. The summed E-state index contributed by atoms with van der Waals surface area (Å²) in [5, 5.41) is 10.3. The topological polar surface area (TPSA) is 19.9 Å². The van der Waals surface area contributed by atoms with Gasteiger partial charge in [0.25, 0.3) is 0 Å². The summed E-state index contributed by atoms with van der Waals surface area (Å²) in [6.45, 7) is 0. The molecule has 1 fully saturated rings. The van der Waals surface area contributed by atoms with Crippen LogP contribution in [0.25, 0.3) is 0 Å². The van der Waals surface area contributed by atoms with Crippen molar-refractivity contribution in [1.29, 1.82) is 0 Å². The number of rotatable bonds is 0. The van der Waals surface area contributed by atoms with Crippen LogP contribution < -0.4 is 0 Å². The summed E-state index contributed by atoms with van der Waals surface area (Å²) in [7, 11) is 0. The summed E-state index contributed by atoms with van der Waals surface area (Å²) in [6, 6.07) is 0. The molecule has 1 aliphatic carbocycles. The molecule has 0 atom stereocenters. The van der Waals surface area contributed by atoms with Gasteiger partial charge in [0.05, 0.1) is 6.10 Å². The van der Waals surface area contributed by atoms with Gasteiger partial charge in [0.15, 0.2) is 0 Å². The van der Waals surface area contributed by atoms with E-state index in [1.54, 1.807) is 0 Å². The van der Waals surface area contributed by atoms with E-state index in [1.807, 2.05) is 0 Å². The molecule has 0 aromatic rings. The third-order valence-corrected chi connectivity index (χ3v) is 1.30. The molecular weight excluding hydrogens is 88.1 g/mol. The van der Waals surface area contributed by atoms with Crippen molar-refractivity contribution in [1.82, 2.24) is 0 Å². The predicted octanol–water partition coefficient (Wildman–Crippen LogP) is 2.00. The average molecular weight is 101 g/mol. The molecule has 7 heavy (non-hydrogen) atoms. The number of hydrogen-bond donors (Lipinski definition) is 0. The molecule has 1 aliphatic rings. The molecule has 0 amide bonds. The van der Waals surface area contributed by atoms with E-state index in [0.29, 0.717) is 0 Å². The molecule has 0 aromatic carbocycles. The SMILES string of the molecule is C.[O]C1CCCC1. The van der Waals surface area contributed by atoms with E-state index in [4.69, 9.17) is 0 Å². The molecule has 0 saturated heterocycles. The van der Waals surface area contributed by atoms with Crippen molar-refractivity contribution in [3.63, 3.8) is 0 Å². The normalized spacial score (nSPS) is 21.9. The Bertz CT molecular complexity index is 37.4. The standard InChI is InChI=1S/C5H9O.CH4/c6-5-3-1-2-4-5;/h5H,1-4H2;1H4. The summed E-state index contributed by atoms with van der Waals surface area (Å²) in [6.07, 6.45) is 4.01. The molecule has 43 valence electrons. The van der Waals surface area contributed by atoms with Crippen LogP contribution in [0.4, 0.5) is 0 Å². The molecule has 0 spiro atoms. The first-order chi connectivity index (χ1) is 2.89. The Kier molecular flexibility index (Phi) is 3.01. The van der Waals surface area contributed by atoms with E-state index in [-0.39, 0.29) is 13.5 Å². The lowest BCUT2D eigenvalue weighted by Crippen LogP contribution is -1.91. The quantitative estimate of drug-likeness (QED) is 0.444. The second-order valence-corrected chi connectivity index (χ2v) is 1.91. The van der Waals surface area contributed by atoms with Crippen molar-refractivity contribution < 1.29 is 5.11 Å². The Balaban J connectivity index is 0.000000360. The Labute approximate surface area is 45.4 Å². The Hall–Kier alpha value is -0.0400. The van der Waals surface area contributed by atoms with Gasteiger partial charge in [-0.25, -0.2) is 5.11 Å². The van der Waals surface area contributed by atoms with Crippen molar-refractivity contribution in [2.45, 2.75) is 39.2 Å². The molecule has 0 heterocycles. The molecule has 0 aromatic heterocycles. The molecule has 1 saturated carbocycles. The van der Waals surface area contributed by atoms with Crippen molar-refractivity contribution in [3.05, 3.63) is 0 Å². The van der Waals surface area contributed by atoms with Gasteiger partial charge in [-0.2, -0.15) is 0 Å². The van der Waals surface area contributed by atoms with Crippen molar-refractivity contribution in [3.8, 4) is 0 Å². The molecule has 1 radical (unpaired) electrons. The fourth-order valence-corrected chi connectivity index (χ4v) is 0.888. The summed E-state index contributed by atoms with van der Waals surface area (Å²) in [5.41, 5.74) is 0. The maximum Gasteiger partial charge on any atom is 0.0930 e. The molecule has 1 rings (SSSR count). The van der Waals surface area contributed by atoms with Gasteiger partial charge in [-0.1, -0.05) is 20.3 Å². The van der Waals surface area contributed by atoms with Gasteiger partial charge in [-0.05, 0) is 12.8 Å². The highest BCUT2D eigenvalue weighted by Gasteiger charge is 2.11. The van der Waals surface area contributed by atoms with Crippen LogP contribution in [0.1, 0.15) is 33.1 Å². The molecule has 0 N–H and O–H groups in total. The minimum Gasteiger partial charge on any atom is -0.233 e. The maximum atomic E-state index is 10.3. The van der Waals surface area contributed by atoms with E-state index in [9.17, 15) is 5.11 Å². The Morgan fingerprint density at radius 3 is 1.71 bits per heavy atom. The third kappa shape index (κ3) is 1.93. The van der Waals surface area contributed by atoms with Crippen LogP contribution in [0.5, 0.6) is 0 Å². The zero-order chi connectivity index (χ0) is 4.41. The number of hydrogen-bond acceptors (Lipinski definition) is 0. The minimum atomic E-state index is -0.204. The summed E-state index contributed by atoms with van der Waals surface area (Å²) < 4.78 is 0. The van der Waals surface area contributed by atoms with E-state index >= 15 is 0 Å². The van der Waals surface area contributed by atoms with Crippen molar-refractivity contribution >= 4 is 0 Å². The van der Waals surface area contributed by atoms with Crippen LogP contribution in [0.15, 0.2) is 0 Å². The first kappa shape index (κ1) is 6.96. The van der Waals surface area contributed by atoms with Gasteiger partial charge in [-0.3, -0.25) is 0 Å². The van der Waals surface area contributed by atoms with E-state index in [2.05, 4.69) is 0 Å². The van der Waals surface area contributed by atoms with Gasteiger partial charge in [-0.15, -0.1) is 0 Å². The Morgan fingerprint density at radius 1 is 1.14 bits per heavy atom. The zero-order valence-electron chi connectivity index (χ0n) is 3.81. The first-order valence-electron chi connectivity index (χ1n) is 2.55. The zero-order valence-corrected chi connectivity index (χ0v) is 3.81. The Morgan fingerprint density at radius 2 is 1.57 bits per heavy atom. The van der Waals surface area contributed by atoms with Crippen LogP contribution >= 0.6 is 0 Å². The second kappa shape index (κ2) is 3.03. The van der Waals surface area contributed by atoms with Crippen LogP contribution in [0, 0.1) is 0 Å². The fourth-order valence-electron chi connectivity index (χ4n) is 0.888. The van der Waals surface area contributed by atoms with E-state index < -0.39 is 0 Å². The molecule has 0 unspecified atom stereocenters. The van der Waals surface area contributed by atoms with Crippen LogP contribution in [0.2, 0.25) is 0 Å². The first-order valence-corrected chi connectivity index (χ1v) is 2.55. The van der Waals surface area contributed by atoms with E-state index in [0.717, 1.165) is 12.8 Å². The smallest absolute Gasteiger partial charge is 0.0930 e. The molecule has 0 bridgehead atoms. The van der Waals surface area contributed by atoms with Gasteiger partial charge in [0.1, 0.15) is 0 Å². The lowest BCUT2D eigenvalue weighted by atomic mass is 10.3. The third-order valence-electron chi connectivity index (χ3n) is 1.30. The van der Waals surface area contributed by atoms with Crippen LogP contribution in [0.3, 0.4) is 0 Å². The predicted molar refractivity (Wildman–Crippen MR) is 29.7 cm³/mol. The van der Waals surface area contributed by atoms with Gasteiger partial charge >= 0.3 is 0 Å². The van der Waals surface area contributed by atoms with Crippen molar-refractivity contribution in [2.75, 3.05) is 0 Å². The fraction of sp³-hybridized carbons (Fsp3) is 1.00. The molecule has 1 nitrogen and oxygen atoms in total. The highest BCUT2D eigenvalue weighted by molar-refractivity contribution is 4.62. The summed E-state index contributed by atoms with van der Waals surface area (Å²) in [4.78, 5) is 0. The average Bonchev–Trinajstić information content (AvgIpc) is 1.86. The van der Waals surface area contributed by atoms with E-state index in [1.165, 1.54) is 12.8 Å². The summed E-state index contributed by atoms with van der Waals surface area (Å²) in [5.74, 6) is 0. The highest BCUT2D eigenvalue weighted by Crippen LogP contribution is 2.17. The van der Waals surface area contributed by atoms with Crippen LogP contribution in [-0.2, 0) is 5.11 Å². The molecule has 1 heteroatoms. The molecule has 0 aliphatic heterocycles. The molecular formula is C6H13O. The second-order valence-electron chi connectivity index (χ2n) is 1.91. The highest BCUT2D eigenvalue weighted by atomic mass is 16.3. The lowest BCUT2D eigenvalue weighted by Gasteiger charge is -1.86. The van der Waals surface area contributed by atoms with Gasteiger partial charge in [0.2, 0.25) is 0 Å². The lowest BCUT2D eigenvalue weighted by molar-refractivity contribution is 0.0956. The maximum absolute atomic E-state index is 10.3. The van der Waals surface area contributed by atoms with Crippen LogP contribution in [-0.4, -0.2) is 6.10 Å². The van der Waals surface area contributed by atoms with Gasteiger partial charge < -0.3 is 0 Å². The minimum absolute atomic E-state index is 0. The van der Waals surface area contributed by atoms with Crippen molar-refractivity contribution in [2.24, 2.45) is 0 Å². The van der Waals surface area contributed by atoms with Gasteiger partial charge in [0, 0.05) is 0 Å². The summed E-state index contributed by atoms with van der Waals surface area (Å²) >= 11 is 0.